The van der Waals surface area contributed by atoms with Crippen molar-refractivity contribution in [1.29, 1.82) is 0 Å². The van der Waals surface area contributed by atoms with Gasteiger partial charge in [0.05, 0.1) is 15.6 Å². The molecule has 0 saturated carbocycles. The fraction of sp³-hybridized carbons (Fsp3) is 0.500. The molecule has 0 amide bonds. The van der Waals surface area contributed by atoms with E-state index in [2.05, 4.69) is 19.2 Å². The molecule has 18 heavy (non-hydrogen) atoms. The molecule has 2 unspecified atom stereocenters. The summed E-state index contributed by atoms with van der Waals surface area (Å²) in [6, 6.07) is 4.60. The van der Waals surface area contributed by atoms with Gasteiger partial charge in [-0.2, -0.15) is 0 Å². The van der Waals surface area contributed by atoms with Crippen molar-refractivity contribution in [2.75, 3.05) is 5.32 Å². The number of benzene rings is 1. The fourth-order valence-corrected chi connectivity index (χ4v) is 2.25. The fourth-order valence-electron chi connectivity index (χ4n) is 1.53. The van der Waals surface area contributed by atoms with Gasteiger partial charge in [-0.15, -0.1) is 0 Å². The lowest BCUT2D eigenvalue weighted by atomic mass is 10.0. The number of hydrogen-bond acceptors (Lipinski definition) is 3. The van der Waals surface area contributed by atoms with Gasteiger partial charge >= 0.3 is 0 Å². The molecule has 0 aromatic heterocycles. The highest BCUT2D eigenvalue weighted by Crippen LogP contribution is 2.26. The van der Waals surface area contributed by atoms with Crippen molar-refractivity contribution in [3.63, 3.8) is 0 Å². The summed E-state index contributed by atoms with van der Waals surface area (Å²) < 4.78 is 22.6. The van der Waals surface area contributed by atoms with E-state index in [9.17, 15) is 8.42 Å². The lowest BCUT2D eigenvalue weighted by molar-refractivity contribution is 0.494. The van der Waals surface area contributed by atoms with Gasteiger partial charge in [-0.05, 0) is 31.0 Å². The minimum atomic E-state index is -3.70. The van der Waals surface area contributed by atoms with E-state index in [1.807, 2.05) is 6.92 Å². The number of halogens is 1. The second-order valence-corrected chi connectivity index (χ2v) is 6.47. The molecule has 0 radical (unpaired) electrons. The number of rotatable bonds is 5. The molecule has 3 N–H and O–H groups in total. The Bertz CT molecular complexity index is 517. The van der Waals surface area contributed by atoms with E-state index < -0.39 is 10.0 Å². The Balaban J connectivity index is 3.02. The van der Waals surface area contributed by atoms with Crippen molar-refractivity contribution in [3.05, 3.63) is 23.2 Å². The highest BCUT2D eigenvalue weighted by atomic mass is 35.5. The monoisotopic (exact) mass is 290 g/mol. The molecule has 0 aliphatic carbocycles. The molecule has 1 aromatic rings. The van der Waals surface area contributed by atoms with Crippen molar-refractivity contribution in [2.24, 2.45) is 11.1 Å². The van der Waals surface area contributed by atoms with E-state index >= 15 is 0 Å². The molecule has 0 bridgehead atoms. The third-order valence-electron chi connectivity index (χ3n) is 3.15. The molecule has 0 fully saturated rings. The number of primary sulfonamides is 1. The Labute approximate surface area is 114 Å². The summed E-state index contributed by atoms with van der Waals surface area (Å²) in [6.45, 7) is 6.26. The van der Waals surface area contributed by atoms with Crippen LogP contribution in [0.3, 0.4) is 0 Å². The first-order valence-electron chi connectivity index (χ1n) is 5.84. The number of sulfonamides is 1. The van der Waals surface area contributed by atoms with Gasteiger partial charge in [-0.1, -0.05) is 31.9 Å². The van der Waals surface area contributed by atoms with E-state index in [-0.39, 0.29) is 10.9 Å². The van der Waals surface area contributed by atoms with Crippen LogP contribution in [0.15, 0.2) is 23.1 Å². The smallest absolute Gasteiger partial charge is 0.238 e. The van der Waals surface area contributed by atoms with Crippen LogP contribution < -0.4 is 10.5 Å². The second kappa shape index (κ2) is 5.91. The molecule has 0 aliphatic rings. The highest BCUT2D eigenvalue weighted by Gasteiger charge is 2.14. The van der Waals surface area contributed by atoms with Crippen molar-refractivity contribution < 1.29 is 8.42 Å². The van der Waals surface area contributed by atoms with Crippen molar-refractivity contribution in [1.82, 2.24) is 0 Å². The van der Waals surface area contributed by atoms with Crippen molar-refractivity contribution >= 4 is 27.3 Å². The topological polar surface area (TPSA) is 72.2 Å². The lowest BCUT2D eigenvalue weighted by Gasteiger charge is -2.22. The summed E-state index contributed by atoms with van der Waals surface area (Å²) in [4.78, 5) is 0.0609. The molecule has 0 saturated heterocycles. The van der Waals surface area contributed by atoms with Crippen LogP contribution in [0, 0.1) is 5.92 Å². The van der Waals surface area contributed by atoms with Crippen LogP contribution in [-0.2, 0) is 10.0 Å². The number of anilines is 1. The molecule has 102 valence electrons. The third-order valence-corrected chi connectivity index (χ3v) is 4.39. The molecule has 0 heterocycles. The Morgan fingerprint density at radius 3 is 2.50 bits per heavy atom. The molecule has 1 aromatic carbocycles. The van der Waals surface area contributed by atoms with Crippen molar-refractivity contribution in [2.45, 2.75) is 38.1 Å². The zero-order valence-corrected chi connectivity index (χ0v) is 12.3. The van der Waals surface area contributed by atoms with Gasteiger partial charge in [0.15, 0.2) is 0 Å². The molecule has 0 aliphatic heterocycles. The quantitative estimate of drug-likeness (QED) is 0.876. The maximum Gasteiger partial charge on any atom is 0.238 e. The van der Waals surface area contributed by atoms with E-state index in [0.29, 0.717) is 16.6 Å². The zero-order chi connectivity index (χ0) is 13.9. The zero-order valence-electron chi connectivity index (χ0n) is 10.8. The third kappa shape index (κ3) is 3.86. The van der Waals surface area contributed by atoms with Crippen LogP contribution in [0.1, 0.15) is 27.2 Å². The Morgan fingerprint density at radius 2 is 2.00 bits per heavy atom. The molecular weight excluding hydrogens is 272 g/mol. The minimum Gasteiger partial charge on any atom is -0.381 e. The average Bonchev–Trinajstić information content (AvgIpc) is 2.29. The molecular formula is C12H19ClN2O2S. The number of nitrogens with two attached hydrogens (primary N) is 1. The van der Waals surface area contributed by atoms with E-state index in [1.54, 1.807) is 0 Å². The van der Waals surface area contributed by atoms with Gasteiger partial charge in [0, 0.05) is 6.04 Å². The average molecular weight is 291 g/mol. The summed E-state index contributed by atoms with van der Waals surface area (Å²) in [6.07, 6.45) is 1.03. The Morgan fingerprint density at radius 1 is 1.39 bits per heavy atom. The predicted octanol–water partition coefficient (Wildman–Crippen LogP) is 2.83. The maximum absolute atomic E-state index is 11.3. The minimum absolute atomic E-state index is 0.0609. The first-order chi connectivity index (χ1) is 8.25. The van der Waals surface area contributed by atoms with Gasteiger partial charge in [0.1, 0.15) is 0 Å². The normalized spacial score (nSPS) is 15.2. The summed E-state index contributed by atoms with van der Waals surface area (Å²) >= 11 is 6.04. The predicted molar refractivity (Wildman–Crippen MR) is 75.4 cm³/mol. The van der Waals surface area contributed by atoms with Crippen LogP contribution >= 0.6 is 11.6 Å². The molecule has 2 atom stereocenters. The van der Waals surface area contributed by atoms with Gasteiger partial charge in [-0.3, -0.25) is 0 Å². The summed E-state index contributed by atoms with van der Waals surface area (Å²) in [7, 11) is -3.70. The molecule has 0 spiro atoms. The summed E-state index contributed by atoms with van der Waals surface area (Å²) in [5.74, 6) is 0.458. The molecule has 1 rings (SSSR count). The Kier molecular flexibility index (Phi) is 5.01. The highest BCUT2D eigenvalue weighted by molar-refractivity contribution is 7.89. The van der Waals surface area contributed by atoms with Crippen LogP contribution in [0.2, 0.25) is 5.02 Å². The maximum atomic E-state index is 11.3. The van der Waals surface area contributed by atoms with Crippen molar-refractivity contribution in [3.8, 4) is 0 Å². The van der Waals surface area contributed by atoms with Crippen LogP contribution in [0.4, 0.5) is 5.69 Å². The molecule has 4 nitrogen and oxygen atoms in total. The summed E-state index contributed by atoms with van der Waals surface area (Å²) in [5, 5.41) is 8.80. The standard InChI is InChI=1S/C12H19ClN2O2S/c1-4-8(2)9(3)15-12-7-10(18(14,16)17)5-6-11(12)13/h5-9,15H,4H2,1-3H3,(H2,14,16,17). The summed E-state index contributed by atoms with van der Waals surface area (Å²) in [5.41, 5.74) is 0.594. The van der Waals surface area contributed by atoms with E-state index in [0.717, 1.165) is 6.42 Å². The van der Waals surface area contributed by atoms with Gasteiger partial charge in [0.2, 0.25) is 10.0 Å². The van der Waals surface area contributed by atoms with Gasteiger partial charge in [0.25, 0.3) is 0 Å². The lowest BCUT2D eigenvalue weighted by Crippen LogP contribution is -2.23. The molecule has 6 heteroatoms. The Hall–Kier alpha value is -0.780. The van der Waals surface area contributed by atoms with Crippen LogP contribution in [0.25, 0.3) is 0 Å². The second-order valence-electron chi connectivity index (χ2n) is 4.51. The van der Waals surface area contributed by atoms with Crippen LogP contribution in [-0.4, -0.2) is 14.5 Å². The number of hydrogen-bond donors (Lipinski definition) is 2. The largest absolute Gasteiger partial charge is 0.381 e. The van der Waals surface area contributed by atoms with Crippen LogP contribution in [0.5, 0.6) is 0 Å². The number of nitrogens with one attached hydrogen (secondary N) is 1. The van der Waals surface area contributed by atoms with Gasteiger partial charge in [-0.25, -0.2) is 13.6 Å². The SMILES string of the molecule is CCC(C)C(C)Nc1cc(S(N)(=O)=O)ccc1Cl. The van der Waals surface area contributed by atoms with E-state index in [4.69, 9.17) is 16.7 Å². The van der Waals surface area contributed by atoms with Gasteiger partial charge < -0.3 is 5.32 Å². The van der Waals surface area contributed by atoms with E-state index in [1.165, 1.54) is 18.2 Å². The first-order valence-corrected chi connectivity index (χ1v) is 7.77. The first kappa shape index (κ1) is 15.3.